The van der Waals surface area contributed by atoms with Gasteiger partial charge in [-0.1, -0.05) is 6.07 Å². The van der Waals surface area contributed by atoms with Crippen molar-refractivity contribution in [3.8, 4) is 0 Å². The van der Waals surface area contributed by atoms with Crippen molar-refractivity contribution in [2.45, 2.75) is 6.04 Å². The summed E-state index contributed by atoms with van der Waals surface area (Å²) in [7, 11) is 7.21. The molecule has 1 heterocycles. The van der Waals surface area contributed by atoms with Gasteiger partial charge in [0, 0.05) is 26.5 Å². The highest BCUT2D eigenvalue weighted by Gasteiger charge is 2.20. The summed E-state index contributed by atoms with van der Waals surface area (Å²) in [6.45, 7) is 0. The highest BCUT2D eigenvalue weighted by Crippen LogP contribution is 2.20. The number of fused-ring (bicyclic) bond motifs is 1. The van der Waals surface area contributed by atoms with E-state index in [1.165, 1.54) is 0 Å². The van der Waals surface area contributed by atoms with Crippen LogP contribution < -0.4 is 5.32 Å². The third kappa shape index (κ3) is 2.09. The SMILES string of the molecule is CNC(C(=O)N(C)C)c1ccc2c(cnn2C)c1. The highest BCUT2D eigenvalue weighted by molar-refractivity contribution is 5.86. The van der Waals surface area contributed by atoms with Crippen molar-refractivity contribution in [1.29, 1.82) is 0 Å². The molecule has 1 aromatic carbocycles. The molecule has 96 valence electrons. The molecule has 0 saturated heterocycles. The molecule has 1 amide bonds. The van der Waals surface area contributed by atoms with Crippen LogP contribution in [-0.4, -0.2) is 41.7 Å². The van der Waals surface area contributed by atoms with Crippen molar-refractivity contribution >= 4 is 16.8 Å². The topological polar surface area (TPSA) is 50.2 Å². The third-order valence-corrected chi connectivity index (χ3v) is 3.08. The van der Waals surface area contributed by atoms with Crippen LogP contribution in [0.1, 0.15) is 11.6 Å². The van der Waals surface area contributed by atoms with E-state index in [0.29, 0.717) is 0 Å². The summed E-state index contributed by atoms with van der Waals surface area (Å²) >= 11 is 0. The fourth-order valence-corrected chi connectivity index (χ4v) is 2.05. The maximum absolute atomic E-state index is 12.1. The largest absolute Gasteiger partial charge is 0.347 e. The minimum Gasteiger partial charge on any atom is -0.347 e. The van der Waals surface area contributed by atoms with E-state index in [2.05, 4.69) is 10.4 Å². The molecular formula is C13H18N4O. The lowest BCUT2D eigenvalue weighted by molar-refractivity contribution is -0.130. The van der Waals surface area contributed by atoms with Crippen molar-refractivity contribution in [2.24, 2.45) is 7.05 Å². The Bertz CT molecular complexity index is 573. The molecule has 5 heteroatoms. The van der Waals surface area contributed by atoms with Crippen molar-refractivity contribution < 1.29 is 4.79 Å². The smallest absolute Gasteiger partial charge is 0.243 e. The first-order chi connectivity index (χ1) is 8.54. The lowest BCUT2D eigenvalue weighted by Crippen LogP contribution is -2.35. The minimum absolute atomic E-state index is 0.0424. The lowest BCUT2D eigenvalue weighted by Gasteiger charge is -2.20. The Balaban J connectivity index is 2.42. The molecule has 18 heavy (non-hydrogen) atoms. The molecule has 1 N–H and O–H groups in total. The molecule has 5 nitrogen and oxygen atoms in total. The molecule has 0 radical (unpaired) electrons. The molecule has 0 spiro atoms. The van der Waals surface area contributed by atoms with Crippen LogP contribution in [0.25, 0.3) is 10.9 Å². The maximum Gasteiger partial charge on any atom is 0.243 e. The fraction of sp³-hybridized carbons (Fsp3) is 0.385. The van der Waals surface area contributed by atoms with Crippen LogP contribution in [0.15, 0.2) is 24.4 Å². The van der Waals surface area contributed by atoms with Crippen LogP contribution in [0.3, 0.4) is 0 Å². The molecule has 0 aliphatic rings. The lowest BCUT2D eigenvalue weighted by atomic mass is 10.0. The van der Waals surface area contributed by atoms with Gasteiger partial charge in [-0.25, -0.2) is 0 Å². The second kappa shape index (κ2) is 4.78. The maximum atomic E-state index is 12.1. The predicted octanol–water partition coefficient (Wildman–Crippen LogP) is 0.922. The van der Waals surface area contributed by atoms with Gasteiger partial charge in [0.15, 0.2) is 0 Å². The molecule has 1 atom stereocenters. The summed E-state index contributed by atoms with van der Waals surface area (Å²) in [4.78, 5) is 13.7. The van der Waals surface area contributed by atoms with Crippen LogP contribution in [-0.2, 0) is 11.8 Å². The zero-order chi connectivity index (χ0) is 13.3. The number of nitrogens with zero attached hydrogens (tertiary/aromatic N) is 3. The van der Waals surface area contributed by atoms with E-state index in [1.54, 1.807) is 26.0 Å². The number of hydrogen-bond donors (Lipinski definition) is 1. The molecule has 0 saturated carbocycles. The Morgan fingerprint density at radius 2 is 2.17 bits per heavy atom. The first-order valence-corrected chi connectivity index (χ1v) is 5.84. The van der Waals surface area contributed by atoms with E-state index in [4.69, 9.17) is 0 Å². The van der Waals surface area contributed by atoms with Crippen LogP contribution >= 0.6 is 0 Å². The van der Waals surface area contributed by atoms with E-state index < -0.39 is 0 Å². The van der Waals surface area contributed by atoms with Gasteiger partial charge in [-0.15, -0.1) is 0 Å². The van der Waals surface area contributed by atoms with E-state index in [9.17, 15) is 4.79 Å². The number of aromatic nitrogens is 2. The molecule has 1 aromatic heterocycles. The molecule has 0 bridgehead atoms. The molecule has 1 unspecified atom stereocenters. The van der Waals surface area contributed by atoms with Crippen molar-refractivity contribution in [3.05, 3.63) is 30.0 Å². The number of carbonyl (C=O) groups excluding carboxylic acids is 1. The van der Waals surface area contributed by atoms with Gasteiger partial charge < -0.3 is 10.2 Å². The van der Waals surface area contributed by atoms with Gasteiger partial charge in [0.05, 0.1) is 11.7 Å². The van der Waals surface area contributed by atoms with Crippen LogP contribution in [0.5, 0.6) is 0 Å². The summed E-state index contributed by atoms with van der Waals surface area (Å²) < 4.78 is 1.82. The van der Waals surface area contributed by atoms with Crippen LogP contribution in [0.4, 0.5) is 0 Å². The molecule has 0 aliphatic heterocycles. The zero-order valence-corrected chi connectivity index (χ0v) is 11.1. The third-order valence-electron chi connectivity index (χ3n) is 3.08. The van der Waals surface area contributed by atoms with Crippen LogP contribution in [0, 0.1) is 0 Å². The Morgan fingerprint density at radius 1 is 1.44 bits per heavy atom. The molecule has 2 rings (SSSR count). The molecular weight excluding hydrogens is 228 g/mol. The average Bonchev–Trinajstić information content (AvgIpc) is 2.71. The van der Waals surface area contributed by atoms with Crippen molar-refractivity contribution in [2.75, 3.05) is 21.1 Å². The van der Waals surface area contributed by atoms with Gasteiger partial charge in [-0.2, -0.15) is 5.10 Å². The van der Waals surface area contributed by atoms with Gasteiger partial charge in [0.1, 0.15) is 6.04 Å². The van der Waals surface area contributed by atoms with Crippen LogP contribution in [0.2, 0.25) is 0 Å². The predicted molar refractivity (Wildman–Crippen MR) is 71.2 cm³/mol. The van der Waals surface area contributed by atoms with E-state index in [-0.39, 0.29) is 11.9 Å². The summed E-state index contributed by atoms with van der Waals surface area (Å²) in [5, 5.41) is 8.30. The van der Waals surface area contributed by atoms with Gasteiger partial charge in [0.2, 0.25) is 5.91 Å². The number of carbonyl (C=O) groups is 1. The normalized spacial score (nSPS) is 12.7. The Hall–Kier alpha value is -1.88. The summed E-state index contributed by atoms with van der Waals surface area (Å²) in [6, 6.07) is 5.65. The van der Waals surface area contributed by atoms with E-state index in [1.807, 2.05) is 36.1 Å². The quantitative estimate of drug-likeness (QED) is 0.876. The summed E-state index contributed by atoms with van der Waals surface area (Å²) in [5.41, 5.74) is 2.02. The number of hydrogen-bond acceptors (Lipinski definition) is 3. The second-order valence-electron chi connectivity index (χ2n) is 4.54. The van der Waals surface area contributed by atoms with Crippen molar-refractivity contribution in [3.63, 3.8) is 0 Å². The molecule has 0 fully saturated rings. The van der Waals surface area contributed by atoms with Gasteiger partial charge >= 0.3 is 0 Å². The standard InChI is InChI=1S/C13H18N4O/c1-14-12(13(18)16(2)3)9-5-6-11-10(7-9)8-15-17(11)4/h5-8,12,14H,1-4H3. The number of rotatable bonds is 3. The Morgan fingerprint density at radius 3 is 2.78 bits per heavy atom. The number of aryl methyl sites for hydroxylation is 1. The minimum atomic E-state index is -0.315. The number of likely N-dealkylation sites (N-methyl/N-ethyl adjacent to an activating group) is 2. The summed E-state index contributed by atoms with van der Waals surface area (Å²) in [6.07, 6.45) is 1.81. The monoisotopic (exact) mass is 246 g/mol. The average molecular weight is 246 g/mol. The fourth-order valence-electron chi connectivity index (χ4n) is 2.05. The van der Waals surface area contributed by atoms with E-state index in [0.717, 1.165) is 16.5 Å². The zero-order valence-electron chi connectivity index (χ0n) is 11.1. The van der Waals surface area contributed by atoms with Gasteiger partial charge in [-0.05, 0) is 24.7 Å². The molecule has 0 aliphatic carbocycles. The number of benzene rings is 1. The first kappa shape index (κ1) is 12.6. The number of nitrogens with one attached hydrogen (secondary N) is 1. The Kier molecular flexibility index (Phi) is 3.34. The molecule has 2 aromatic rings. The highest BCUT2D eigenvalue weighted by atomic mass is 16.2. The summed E-state index contributed by atoms with van der Waals surface area (Å²) in [5.74, 6) is 0.0424. The van der Waals surface area contributed by atoms with Crippen molar-refractivity contribution in [1.82, 2.24) is 20.0 Å². The van der Waals surface area contributed by atoms with Gasteiger partial charge in [0.25, 0.3) is 0 Å². The number of amides is 1. The van der Waals surface area contributed by atoms with Gasteiger partial charge in [-0.3, -0.25) is 9.48 Å². The van der Waals surface area contributed by atoms with E-state index >= 15 is 0 Å². The first-order valence-electron chi connectivity index (χ1n) is 5.84. The Labute approximate surface area is 106 Å². The second-order valence-corrected chi connectivity index (χ2v) is 4.54.